The van der Waals surface area contributed by atoms with E-state index in [9.17, 15) is 9.59 Å². The van der Waals surface area contributed by atoms with Crippen LogP contribution in [0.2, 0.25) is 0 Å². The van der Waals surface area contributed by atoms with Crippen molar-refractivity contribution in [3.8, 4) is 0 Å². The number of nitrogens with two attached hydrogens (primary N) is 1. The molecule has 0 saturated carbocycles. The number of nitrogens with one attached hydrogen (secondary N) is 1. The highest BCUT2D eigenvalue weighted by molar-refractivity contribution is 5.95. The van der Waals surface area contributed by atoms with Crippen LogP contribution in [0, 0.1) is 6.92 Å². The Morgan fingerprint density at radius 2 is 2.28 bits per heavy atom. The lowest BCUT2D eigenvalue weighted by atomic mass is 9.94. The molecule has 1 aliphatic rings. The highest BCUT2D eigenvalue weighted by Gasteiger charge is 2.29. The summed E-state index contributed by atoms with van der Waals surface area (Å²) in [6.07, 6.45) is 1.80. The SMILES string of the molecule is COCc1cc(C(=O)N2CCC[C@@H](c3cc(C(N)=O)n[nH]3)C2)c(C)o1. The molecule has 3 heterocycles. The van der Waals surface area contributed by atoms with E-state index in [-0.39, 0.29) is 17.5 Å². The standard InChI is InChI=1S/C17H22N4O4/c1-10-13(6-12(25-10)9-24-2)17(23)21-5-3-4-11(8-21)14-7-15(16(18)22)20-19-14/h6-7,11H,3-5,8-9H2,1-2H3,(H2,18,22)(H,19,20)/t11-/m1/s1. The molecule has 2 aromatic rings. The van der Waals surface area contributed by atoms with Crippen LogP contribution in [0.25, 0.3) is 0 Å². The first-order valence-electron chi connectivity index (χ1n) is 8.22. The summed E-state index contributed by atoms with van der Waals surface area (Å²) in [5, 5.41) is 6.79. The topological polar surface area (TPSA) is 114 Å². The van der Waals surface area contributed by atoms with E-state index in [0.29, 0.717) is 36.8 Å². The number of rotatable bonds is 5. The number of methoxy groups -OCH3 is 1. The first kappa shape index (κ1) is 17.2. The highest BCUT2D eigenvalue weighted by atomic mass is 16.5. The van der Waals surface area contributed by atoms with Crippen LogP contribution in [0.3, 0.4) is 0 Å². The molecule has 2 amide bonds. The average molecular weight is 346 g/mol. The van der Waals surface area contributed by atoms with Gasteiger partial charge in [-0.1, -0.05) is 0 Å². The molecule has 0 radical (unpaired) electrons. The van der Waals surface area contributed by atoms with Crippen molar-refractivity contribution in [2.75, 3.05) is 20.2 Å². The normalized spacial score (nSPS) is 17.7. The molecule has 1 saturated heterocycles. The molecule has 0 spiro atoms. The van der Waals surface area contributed by atoms with E-state index in [1.54, 1.807) is 26.2 Å². The summed E-state index contributed by atoms with van der Waals surface area (Å²) < 4.78 is 10.6. The molecule has 8 nitrogen and oxygen atoms in total. The maximum atomic E-state index is 12.9. The minimum atomic E-state index is -0.564. The quantitative estimate of drug-likeness (QED) is 0.853. The van der Waals surface area contributed by atoms with Crippen molar-refractivity contribution in [1.29, 1.82) is 0 Å². The molecule has 3 rings (SSSR count). The number of carbonyl (C=O) groups excluding carboxylic acids is 2. The van der Waals surface area contributed by atoms with Gasteiger partial charge in [0, 0.05) is 31.8 Å². The van der Waals surface area contributed by atoms with Gasteiger partial charge in [-0.2, -0.15) is 5.10 Å². The summed E-state index contributed by atoms with van der Waals surface area (Å²) in [6, 6.07) is 3.41. The Morgan fingerprint density at radius 1 is 1.48 bits per heavy atom. The lowest BCUT2D eigenvalue weighted by Crippen LogP contribution is -2.39. The van der Waals surface area contributed by atoms with E-state index >= 15 is 0 Å². The maximum absolute atomic E-state index is 12.9. The number of hydrogen-bond acceptors (Lipinski definition) is 5. The van der Waals surface area contributed by atoms with E-state index in [1.165, 1.54) is 0 Å². The Balaban J connectivity index is 1.74. The molecule has 3 N–H and O–H groups in total. The molecule has 0 unspecified atom stereocenters. The van der Waals surface area contributed by atoms with Crippen LogP contribution in [0.4, 0.5) is 0 Å². The van der Waals surface area contributed by atoms with Gasteiger partial charge in [0.05, 0.1) is 5.56 Å². The van der Waals surface area contributed by atoms with E-state index < -0.39 is 5.91 Å². The van der Waals surface area contributed by atoms with Gasteiger partial charge in [0.1, 0.15) is 23.8 Å². The number of aromatic nitrogens is 2. The number of aryl methyl sites for hydroxylation is 1. The van der Waals surface area contributed by atoms with Crippen LogP contribution in [0.1, 0.15) is 56.8 Å². The van der Waals surface area contributed by atoms with Gasteiger partial charge in [0.15, 0.2) is 0 Å². The third-order valence-corrected chi connectivity index (χ3v) is 4.48. The van der Waals surface area contributed by atoms with Crippen molar-refractivity contribution >= 4 is 11.8 Å². The van der Waals surface area contributed by atoms with Gasteiger partial charge in [-0.3, -0.25) is 14.7 Å². The number of hydrogen-bond donors (Lipinski definition) is 2. The van der Waals surface area contributed by atoms with Gasteiger partial charge in [0.2, 0.25) is 0 Å². The summed E-state index contributed by atoms with van der Waals surface area (Å²) >= 11 is 0. The molecule has 25 heavy (non-hydrogen) atoms. The molecular weight excluding hydrogens is 324 g/mol. The van der Waals surface area contributed by atoms with Crippen LogP contribution in [0.5, 0.6) is 0 Å². The molecule has 0 bridgehead atoms. The van der Waals surface area contributed by atoms with Crippen molar-refractivity contribution in [3.05, 3.63) is 40.6 Å². The Bertz CT molecular complexity index is 779. The molecule has 1 aliphatic heterocycles. The van der Waals surface area contributed by atoms with Crippen LogP contribution in [-0.4, -0.2) is 47.1 Å². The number of aromatic amines is 1. The summed E-state index contributed by atoms with van der Waals surface area (Å²) in [4.78, 5) is 25.9. The fourth-order valence-corrected chi connectivity index (χ4v) is 3.23. The van der Waals surface area contributed by atoms with Crippen LogP contribution >= 0.6 is 0 Å². The minimum Gasteiger partial charge on any atom is -0.463 e. The summed E-state index contributed by atoms with van der Waals surface area (Å²) in [6.45, 7) is 3.36. The fourth-order valence-electron chi connectivity index (χ4n) is 3.23. The zero-order valence-corrected chi connectivity index (χ0v) is 14.4. The smallest absolute Gasteiger partial charge is 0.269 e. The van der Waals surface area contributed by atoms with Crippen LogP contribution in [-0.2, 0) is 11.3 Å². The number of carbonyl (C=O) groups is 2. The Labute approximate surface area is 145 Å². The molecule has 8 heteroatoms. The summed E-state index contributed by atoms with van der Waals surface area (Å²) in [5.74, 6) is 0.714. The number of piperidine rings is 1. The lowest BCUT2D eigenvalue weighted by Gasteiger charge is -2.32. The van der Waals surface area contributed by atoms with Crippen molar-refractivity contribution in [2.45, 2.75) is 32.3 Å². The van der Waals surface area contributed by atoms with Crippen LogP contribution in [0.15, 0.2) is 16.5 Å². The molecule has 1 atom stereocenters. The van der Waals surface area contributed by atoms with E-state index in [2.05, 4.69) is 10.2 Å². The number of primary amides is 1. The van der Waals surface area contributed by atoms with E-state index in [1.807, 2.05) is 4.90 Å². The number of furan rings is 1. The predicted octanol–water partition coefficient (Wildman–Crippen LogP) is 1.58. The predicted molar refractivity (Wildman–Crippen MR) is 89.1 cm³/mol. The molecule has 0 aliphatic carbocycles. The molecular formula is C17H22N4O4. The van der Waals surface area contributed by atoms with Gasteiger partial charge >= 0.3 is 0 Å². The summed E-state index contributed by atoms with van der Waals surface area (Å²) in [5.41, 5.74) is 6.86. The molecule has 134 valence electrons. The zero-order chi connectivity index (χ0) is 18.0. The Kier molecular flexibility index (Phi) is 4.89. The average Bonchev–Trinajstić information content (AvgIpc) is 3.22. The monoisotopic (exact) mass is 346 g/mol. The van der Waals surface area contributed by atoms with Crippen molar-refractivity contribution in [1.82, 2.24) is 15.1 Å². The Hall–Kier alpha value is -2.61. The number of H-pyrrole nitrogens is 1. The van der Waals surface area contributed by atoms with Gasteiger partial charge in [-0.15, -0.1) is 0 Å². The van der Waals surface area contributed by atoms with E-state index in [0.717, 1.165) is 18.5 Å². The number of nitrogens with zero attached hydrogens (tertiary/aromatic N) is 2. The Morgan fingerprint density at radius 3 is 2.96 bits per heavy atom. The maximum Gasteiger partial charge on any atom is 0.269 e. The summed E-state index contributed by atoms with van der Waals surface area (Å²) in [7, 11) is 1.58. The second-order valence-corrected chi connectivity index (χ2v) is 6.28. The largest absolute Gasteiger partial charge is 0.463 e. The van der Waals surface area contributed by atoms with Gasteiger partial charge < -0.3 is 19.8 Å². The fraction of sp³-hybridized carbons (Fsp3) is 0.471. The molecule has 0 aromatic carbocycles. The first-order chi connectivity index (χ1) is 12.0. The van der Waals surface area contributed by atoms with Crippen molar-refractivity contribution < 1.29 is 18.7 Å². The number of ether oxygens (including phenoxy) is 1. The second kappa shape index (κ2) is 7.10. The van der Waals surface area contributed by atoms with Gasteiger partial charge in [-0.05, 0) is 31.9 Å². The van der Waals surface area contributed by atoms with Crippen LogP contribution < -0.4 is 5.73 Å². The molecule has 1 fully saturated rings. The van der Waals surface area contributed by atoms with E-state index in [4.69, 9.17) is 14.9 Å². The highest BCUT2D eigenvalue weighted by Crippen LogP contribution is 2.28. The first-order valence-corrected chi connectivity index (χ1v) is 8.22. The zero-order valence-electron chi connectivity index (χ0n) is 14.4. The van der Waals surface area contributed by atoms with Gasteiger partial charge in [0.25, 0.3) is 11.8 Å². The molecule has 2 aromatic heterocycles. The lowest BCUT2D eigenvalue weighted by molar-refractivity contribution is 0.0704. The minimum absolute atomic E-state index is 0.0528. The second-order valence-electron chi connectivity index (χ2n) is 6.28. The third kappa shape index (κ3) is 3.58. The third-order valence-electron chi connectivity index (χ3n) is 4.48. The number of amides is 2. The van der Waals surface area contributed by atoms with Crippen molar-refractivity contribution in [2.24, 2.45) is 5.73 Å². The number of likely N-dealkylation sites (tertiary alicyclic amines) is 1. The van der Waals surface area contributed by atoms with Gasteiger partial charge in [-0.25, -0.2) is 0 Å². The van der Waals surface area contributed by atoms with Crippen molar-refractivity contribution in [3.63, 3.8) is 0 Å².